The Morgan fingerprint density at radius 2 is 1.94 bits per heavy atom. The largest absolute Gasteiger partial charge is 0.489 e. The number of amides is 1. The van der Waals surface area contributed by atoms with E-state index in [1.807, 2.05) is 57.3 Å². The van der Waals surface area contributed by atoms with Gasteiger partial charge in [-0.2, -0.15) is 0 Å². The molecule has 1 fully saturated rings. The highest BCUT2D eigenvalue weighted by molar-refractivity contribution is 6.03. The first kappa shape index (κ1) is 23.9. The van der Waals surface area contributed by atoms with Crippen molar-refractivity contribution in [1.82, 2.24) is 19.9 Å². The van der Waals surface area contributed by atoms with Crippen molar-refractivity contribution in [1.29, 1.82) is 0 Å². The number of fused-ring (bicyclic) bond motifs is 1. The fourth-order valence-corrected chi connectivity index (χ4v) is 4.76. The average molecular weight is 485 g/mol. The fraction of sp³-hybridized carbons (Fsp3) is 0.345. The molecule has 186 valence electrons. The molecule has 7 nitrogen and oxygen atoms in total. The van der Waals surface area contributed by atoms with Crippen molar-refractivity contribution in [2.24, 2.45) is 0 Å². The molecule has 1 aliphatic rings. The lowest BCUT2D eigenvalue weighted by atomic mass is 10.0. The minimum atomic E-state index is -0.531. The van der Waals surface area contributed by atoms with Crippen molar-refractivity contribution in [3.8, 4) is 28.1 Å². The molecule has 7 heteroatoms. The number of aromatic nitrogens is 3. The van der Waals surface area contributed by atoms with E-state index in [2.05, 4.69) is 29.0 Å². The first-order valence-electron chi connectivity index (χ1n) is 12.4. The maximum Gasteiger partial charge on any atom is 0.410 e. The van der Waals surface area contributed by atoms with Gasteiger partial charge in [-0.3, -0.25) is 9.97 Å². The Bertz CT molecular complexity index is 1370. The third-order valence-corrected chi connectivity index (χ3v) is 6.45. The molecule has 0 bridgehead atoms. The van der Waals surface area contributed by atoms with E-state index in [1.165, 1.54) is 0 Å². The summed E-state index contributed by atoms with van der Waals surface area (Å²) in [6, 6.07) is 14.2. The first-order valence-corrected chi connectivity index (χ1v) is 12.4. The van der Waals surface area contributed by atoms with Crippen LogP contribution < -0.4 is 4.74 Å². The highest BCUT2D eigenvalue weighted by atomic mass is 16.6. The molecule has 0 spiro atoms. The van der Waals surface area contributed by atoms with E-state index >= 15 is 0 Å². The van der Waals surface area contributed by atoms with E-state index in [0.717, 1.165) is 51.8 Å². The number of aromatic amines is 1. The molecule has 3 aromatic heterocycles. The van der Waals surface area contributed by atoms with Gasteiger partial charge in [0.25, 0.3) is 0 Å². The molecule has 0 unspecified atom stereocenters. The summed E-state index contributed by atoms with van der Waals surface area (Å²) in [5.41, 5.74) is 6.46. The van der Waals surface area contributed by atoms with Gasteiger partial charge in [-0.1, -0.05) is 30.3 Å². The molecule has 0 saturated carbocycles. The Morgan fingerprint density at radius 1 is 1.14 bits per heavy atom. The number of hydrogen-bond acceptors (Lipinski definition) is 5. The number of ether oxygens (including phenoxy) is 2. The van der Waals surface area contributed by atoms with E-state index in [4.69, 9.17) is 14.5 Å². The molecule has 4 heterocycles. The number of likely N-dealkylation sites (tertiary alicyclic amines) is 1. The molecule has 1 atom stereocenters. The number of aryl methyl sites for hydroxylation is 1. The van der Waals surface area contributed by atoms with E-state index in [9.17, 15) is 4.79 Å². The van der Waals surface area contributed by atoms with Gasteiger partial charge in [0, 0.05) is 30.1 Å². The molecule has 1 N–H and O–H groups in total. The molecule has 0 radical (unpaired) electrons. The van der Waals surface area contributed by atoms with Crippen LogP contribution in [0.3, 0.4) is 0 Å². The Balaban J connectivity index is 1.48. The SMILES string of the molecule is Cc1ccnc2c(-c3ccccc3)c(-c3ccncc3OC[C@@H]3CCCN3C(=O)OC(C)(C)C)[nH]c12. The van der Waals surface area contributed by atoms with Crippen molar-refractivity contribution in [3.63, 3.8) is 0 Å². The second-order valence-corrected chi connectivity index (χ2v) is 10.2. The summed E-state index contributed by atoms with van der Waals surface area (Å²) in [7, 11) is 0. The van der Waals surface area contributed by atoms with Crippen LogP contribution in [0, 0.1) is 6.92 Å². The number of rotatable bonds is 5. The van der Waals surface area contributed by atoms with E-state index in [1.54, 1.807) is 17.3 Å². The normalized spacial score (nSPS) is 15.9. The summed E-state index contributed by atoms with van der Waals surface area (Å²) in [4.78, 5) is 27.2. The number of nitrogens with zero attached hydrogens (tertiary/aromatic N) is 3. The molecule has 0 aliphatic carbocycles. The van der Waals surface area contributed by atoms with Crippen LogP contribution in [-0.2, 0) is 4.74 Å². The number of pyridine rings is 2. The lowest BCUT2D eigenvalue weighted by molar-refractivity contribution is 0.0187. The van der Waals surface area contributed by atoms with Gasteiger partial charge in [-0.15, -0.1) is 0 Å². The molecular weight excluding hydrogens is 452 g/mol. The van der Waals surface area contributed by atoms with Crippen LogP contribution in [0.1, 0.15) is 39.2 Å². The summed E-state index contributed by atoms with van der Waals surface area (Å²) < 4.78 is 12.0. The molecule has 4 aromatic rings. The van der Waals surface area contributed by atoms with Crippen LogP contribution in [0.5, 0.6) is 5.75 Å². The predicted octanol–water partition coefficient (Wildman–Crippen LogP) is 6.38. The standard InChI is InChI=1S/C29H32N4O3/c1-19-12-15-31-27-24(20-9-6-5-7-10-20)26(32-25(19)27)22-13-14-30-17-23(22)35-18-21-11-8-16-33(21)28(34)36-29(2,3)4/h5-7,9-10,12-15,17,21,32H,8,11,16,18H2,1-4H3/t21-/m0/s1. The van der Waals surface area contributed by atoms with Crippen molar-refractivity contribution >= 4 is 17.1 Å². The predicted molar refractivity (Wildman–Crippen MR) is 141 cm³/mol. The van der Waals surface area contributed by atoms with Crippen LogP contribution in [0.4, 0.5) is 4.79 Å². The molecule has 1 aromatic carbocycles. The lowest BCUT2D eigenvalue weighted by Gasteiger charge is -2.28. The summed E-state index contributed by atoms with van der Waals surface area (Å²) in [6.45, 7) is 8.78. The van der Waals surface area contributed by atoms with Crippen LogP contribution in [0.2, 0.25) is 0 Å². The van der Waals surface area contributed by atoms with Gasteiger partial charge in [-0.25, -0.2) is 4.79 Å². The van der Waals surface area contributed by atoms with Gasteiger partial charge >= 0.3 is 6.09 Å². The molecular formula is C29H32N4O3. The zero-order valence-electron chi connectivity index (χ0n) is 21.2. The topological polar surface area (TPSA) is 80.3 Å². The number of nitrogens with one attached hydrogen (secondary N) is 1. The maximum absolute atomic E-state index is 12.7. The Morgan fingerprint density at radius 3 is 2.72 bits per heavy atom. The van der Waals surface area contributed by atoms with E-state index in [0.29, 0.717) is 18.9 Å². The van der Waals surface area contributed by atoms with Crippen molar-refractivity contribution in [2.75, 3.05) is 13.2 Å². The first-order chi connectivity index (χ1) is 17.3. The summed E-state index contributed by atoms with van der Waals surface area (Å²) in [5.74, 6) is 0.662. The second-order valence-electron chi connectivity index (χ2n) is 10.2. The highest BCUT2D eigenvalue weighted by Gasteiger charge is 2.33. The number of benzene rings is 1. The maximum atomic E-state index is 12.7. The summed E-state index contributed by atoms with van der Waals surface area (Å²) in [5, 5.41) is 0. The number of H-pyrrole nitrogens is 1. The number of carbonyl (C=O) groups excluding carboxylic acids is 1. The van der Waals surface area contributed by atoms with Gasteiger partial charge < -0.3 is 19.4 Å². The zero-order valence-corrected chi connectivity index (χ0v) is 21.2. The Hall–Kier alpha value is -3.87. The molecule has 1 amide bonds. The van der Waals surface area contributed by atoms with Crippen molar-refractivity contribution < 1.29 is 14.3 Å². The quantitative estimate of drug-likeness (QED) is 0.356. The van der Waals surface area contributed by atoms with Gasteiger partial charge in [0.15, 0.2) is 0 Å². The molecule has 5 rings (SSSR count). The number of hydrogen-bond donors (Lipinski definition) is 1. The zero-order chi connectivity index (χ0) is 25.3. The molecule has 36 heavy (non-hydrogen) atoms. The average Bonchev–Trinajstić information content (AvgIpc) is 3.48. The monoisotopic (exact) mass is 484 g/mol. The third-order valence-electron chi connectivity index (χ3n) is 6.45. The minimum Gasteiger partial charge on any atom is -0.489 e. The van der Waals surface area contributed by atoms with Crippen LogP contribution in [-0.4, -0.2) is 50.7 Å². The van der Waals surface area contributed by atoms with Crippen LogP contribution >= 0.6 is 0 Å². The van der Waals surface area contributed by atoms with Gasteiger partial charge in [0.1, 0.15) is 18.0 Å². The Kier molecular flexibility index (Phi) is 6.39. The molecule has 1 saturated heterocycles. The molecule has 1 aliphatic heterocycles. The number of carbonyl (C=O) groups is 1. The highest BCUT2D eigenvalue weighted by Crippen LogP contribution is 2.41. The van der Waals surface area contributed by atoms with Gasteiger partial charge in [0.05, 0.1) is 29.0 Å². The Labute approximate surface area is 211 Å². The van der Waals surface area contributed by atoms with Crippen molar-refractivity contribution in [2.45, 2.75) is 52.2 Å². The summed E-state index contributed by atoms with van der Waals surface area (Å²) in [6.07, 6.45) is 6.87. The third kappa shape index (κ3) is 4.78. The van der Waals surface area contributed by atoms with Gasteiger partial charge in [-0.05, 0) is 63.8 Å². The fourth-order valence-electron chi connectivity index (χ4n) is 4.76. The summed E-state index contributed by atoms with van der Waals surface area (Å²) >= 11 is 0. The van der Waals surface area contributed by atoms with Crippen molar-refractivity contribution in [3.05, 3.63) is 66.6 Å². The van der Waals surface area contributed by atoms with Gasteiger partial charge in [0.2, 0.25) is 0 Å². The van der Waals surface area contributed by atoms with E-state index in [-0.39, 0.29) is 12.1 Å². The van der Waals surface area contributed by atoms with Crippen LogP contribution in [0.15, 0.2) is 61.1 Å². The minimum absolute atomic E-state index is 0.0480. The second kappa shape index (κ2) is 9.64. The lowest BCUT2D eigenvalue weighted by Crippen LogP contribution is -2.42. The van der Waals surface area contributed by atoms with E-state index < -0.39 is 5.60 Å². The van der Waals surface area contributed by atoms with Crippen LogP contribution in [0.25, 0.3) is 33.4 Å². The smallest absolute Gasteiger partial charge is 0.410 e.